The van der Waals surface area contributed by atoms with E-state index in [4.69, 9.17) is 4.42 Å². The maximum absolute atomic E-state index is 12.5. The molecule has 24 heavy (non-hydrogen) atoms. The first kappa shape index (κ1) is 17.8. The maximum Gasteiger partial charge on any atom is 0.251 e. The molecule has 2 rings (SSSR count). The summed E-state index contributed by atoms with van der Waals surface area (Å²) in [5.41, 5.74) is 1.63. The van der Waals surface area contributed by atoms with Gasteiger partial charge in [-0.3, -0.25) is 9.59 Å². The van der Waals surface area contributed by atoms with E-state index in [1.165, 1.54) is 0 Å². The highest BCUT2D eigenvalue weighted by molar-refractivity contribution is 5.97. The fourth-order valence-electron chi connectivity index (χ4n) is 2.33. The first-order chi connectivity index (χ1) is 11.5. The number of rotatable bonds is 7. The van der Waals surface area contributed by atoms with Crippen LogP contribution in [0.4, 0.5) is 0 Å². The summed E-state index contributed by atoms with van der Waals surface area (Å²) < 4.78 is 5.21. The first-order valence-corrected chi connectivity index (χ1v) is 8.19. The highest BCUT2D eigenvalue weighted by Gasteiger charge is 2.26. The topological polar surface area (TPSA) is 71.3 Å². The van der Waals surface area contributed by atoms with Gasteiger partial charge in [-0.25, -0.2) is 0 Å². The molecule has 1 aromatic heterocycles. The summed E-state index contributed by atoms with van der Waals surface area (Å²) in [6.07, 6.45) is 2.35. The summed E-state index contributed by atoms with van der Waals surface area (Å²) >= 11 is 0. The lowest BCUT2D eigenvalue weighted by Crippen LogP contribution is -2.50. The van der Waals surface area contributed by atoms with Crippen LogP contribution in [0.25, 0.3) is 0 Å². The lowest BCUT2D eigenvalue weighted by Gasteiger charge is -2.23. The molecule has 2 amide bonds. The third-order valence-corrected chi connectivity index (χ3v) is 4.11. The van der Waals surface area contributed by atoms with Crippen molar-refractivity contribution in [1.82, 2.24) is 10.6 Å². The van der Waals surface area contributed by atoms with Crippen LogP contribution in [-0.4, -0.2) is 17.9 Å². The van der Waals surface area contributed by atoms with Crippen LogP contribution < -0.4 is 10.6 Å². The minimum Gasteiger partial charge on any atom is -0.467 e. The van der Waals surface area contributed by atoms with Gasteiger partial charge in [0.15, 0.2) is 0 Å². The van der Waals surface area contributed by atoms with E-state index in [0.717, 1.165) is 12.0 Å². The van der Waals surface area contributed by atoms with Crippen LogP contribution in [0.5, 0.6) is 0 Å². The number of hydrogen-bond acceptors (Lipinski definition) is 3. The summed E-state index contributed by atoms with van der Waals surface area (Å²) in [7, 11) is 0. The molecule has 0 fully saturated rings. The molecule has 2 aromatic rings. The number of amides is 2. The molecule has 2 N–H and O–H groups in total. The van der Waals surface area contributed by atoms with Crippen molar-refractivity contribution >= 4 is 11.8 Å². The molecule has 0 saturated carbocycles. The van der Waals surface area contributed by atoms with Crippen molar-refractivity contribution in [3.63, 3.8) is 0 Å². The van der Waals surface area contributed by atoms with E-state index < -0.39 is 6.04 Å². The van der Waals surface area contributed by atoms with Crippen molar-refractivity contribution in [3.8, 4) is 0 Å². The fraction of sp³-hybridized carbons (Fsp3) is 0.368. The summed E-state index contributed by atoms with van der Waals surface area (Å²) in [6.45, 7) is 6.22. The van der Waals surface area contributed by atoms with Gasteiger partial charge in [-0.2, -0.15) is 0 Å². The third kappa shape index (κ3) is 4.72. The lowest BCUT2D eigenvalue weighted by atomic mass is 9.97. The second kappa shape index (κ2) is 8.34. The number of aryl methyl sites for hydroxylation is 1. The van der Waals surface area contributed by atoms with Gasteiger partial charge in [-0.1, -0.05) is 38.0 Å². The van der Waals surface area contributed by atoms with Gasteiger partial charge in [0.1, 0.15) is 11.8 Å². The van der Waals surface area contributed by atoms with E-state index in [1.54, 1.807) is 30.5 Å². The third-order valence-electron chi connectivity index (χ3n) is 4.11. The standard InChI is InChI=1S/C19H24N2O3/c1-4-14(3)17(19(23)20-12-16-6-5-11-24-16)21-18(22)15-9-7-13(2)8-10-15/h5-11,14,17H,4,12H2,1-3H3,(H,20,23)(H,21,22). The van der Waals surface area contributed by atoms with E-state index in [-0.39, 0.29) is 17.7 Å². The van der Waals surface area contributed by atoms with E-state index in [2.05, 4.69) is 10.6 Å². The first-order valence-electron chi connectivity index (χ1n) is 8.19. The van der Waals surface area contributed by atoms with E-state index >= 15 is 0 Å². The van der Waals surface area contributed by atoms with Crippen molar-refractivity contribution in [2.24, 2.45) is 5.92 Å². The summed E-state index contributed by atoms with van der Waals surface area (Å²) in [5, 5.41) is 5.67. The molecule has 2 unspecified atom stereocenters. The number of hydrogen-bond donors (Lipinski definition) is 2. The predicted molar refractivity (Wildman–Crippen MR) is 92.4 cm³/mol. The van der Waals surface area contributed by atoms with Crippen LogP contribution >= 0.6 is 0 Å². The van der Waals surface area contributed by atoms with Crippen LogP contribution in [0.15, 0.2) is 47.1 Å². The summed E-state index contributed by atoms with van der Waals surface area (Å²) in [4.78, 5) is 24.9. The van der Waals surface area contributed by atoms with Gasteiger partial charge in [-0.15, -0.1) is 0 Å². The van der Waals surface area contributed by atoms with Crippen molar-refractivity contribution in [2.75, 3.05) is 0 Å². The van der Waals surface area contributed by atoms with Crippen LogP contribution in [0.3, 0.4) is 0 Å². The second-order valence-corrected chi connectivity index (χ2v) is 6.00. The molecule has 0 bridgehead atoms. The number of benzene rings is 1. The highest BCUT2D eigenvalue weighted by atomic mass is 16.3. The molecule has 5 nitrogen and oxygen atoms in total. The Balaban J connectivity index is 2.02. The quantitative estimate of drug-likeness (QED) is 0.820. The molecular weight excluding hydrogens is 304 g/mol. The Morgan fingerprint density at radius 1 is 1.17 bits per heavy atom. The van der Waals surface area contributed by atoms with Gasteiger partial charge in [0.25, 0.3) is 5.91 Å². The van der Waals surface area contributed by atoms with Crippen LogP contribution in [0.1, 0.15) is 41.9 Å². The molecule has 5 heteroatoms. The molecule has 1 aromatic carbocycles. The van der Waals surface area contributed by atoms with Gasteiger partial charge in [0, 0.05) is 5.56 Å². The second-order valence-electron chi connectivity index (χ2n) is 6.00. The highest BCUT2D eigenvalue weighted by Crippen LogP contribution is 2.11. The molecule has 128 valence electrons. The van der Waals surface area contributed by atoms with Crippen LogP contribution in [-0.2, 0) is 11.3 Å². The monoisotopic (exact) mass is 328 g/mol. The van der Waals surface area contributed by atoms with Crippen molar-refractivity contribution < 1.29 is 14.0 Å². The molecule has 1 heterocycles. The van der Waals surface area contributed by atoms with Gasteiger partial charge in [0.2, 0.25) is 5.91 Å². The normalized spacial score (nSPS) is 13.1. The van der Waals surface area contributed by atoms with Crippen LogP contribution in [0, 0.1) is 12.8 Å². The van der Waals surface area contributed by atoms with Crippen molar-refractivity contribution in [1.29, 1.82) is 0 Å². The SMILES string of the molecule is CCC(C)C(NC(=O)c1ccc(C)cc1)C(=O)NCc1ccco1. The van der Waals surface area contributed by atoms with Gasteiger partial charge in [-0.05, 0) is 37.1 Å². The average molecular weight is 328 g/mol. The Morgan fingerprint density at radius 3 is 2.46 bits per heavy atom. The lowest BCUT2D eigenvalue weighted by molar-refractivity contribution is -0.124. The summed E-state index contributed by atoms with van der Waals surface area (Å²) in [5.74, 6) is 0.252. The average Bonchev–Trinajstić information content (AvgIpc) is 3.10. The van der Waals surface area contributed by atoms with E-state index in [9.17, 15) is 9.59 Å². The smallest absolute Gasteiger partial charge is 0.251 e. The molecule has 2 atom stereocenters. The molecule has 0 saturated heterocycles. The molecule has 0 aliphatic carbocycles. The Kier molecular flexibility index (Phi) is 6.18. The van der Waals surface area contributed by atoms with Crippen molar-refractivity contribution in [2.45, 2.75) is 39.8 Å². The molecular formula is C19H24N2O3. The number of carbonyl (C=O) groups is 2. The fourth-order valence-corrected chi connectivity index (χ4v) is 2.33. The van der Waals surface area contributed by atoms with Crippen LogP contribution in [0.2, 0.25) is 0 Å². The largest absolute Gasteiger partial charge is 0.467 e. The van der Waals surface area contributed by atoms with Gasteiger partial charge >= 0.3 is 0 Å². The zero-order chi connectivity index (χ0) is 17.5. The minimum atomic E-state index is -0.584. The van der Waals surface area contributed by atoms with Gasteiger partial charge < -0.3 is 15.1 Å². The Labute approximate surface area is 142 Å². The Hall–Kier alpha value is -2.56. The number of furan rings is 1. The zero-order valence-electron chi connectivity index (χ0n) is 14.3. The predicted octanol–water partition coefficient (Wildman–Crippen LogP) is 3.05. The minimum absolute atomic E-state index is 0.0241. The van der Waals surface area contributed by atoms with Crippen molar-refractivity contribution in [3.05, 3.63) is 59.5 Å². The molecule has 0 radical (unpaired) electrons. The van der Waals surface area contributed by atoms with E-state index in [1.807, 2.05) is 32.9 Å². The Bertz CT molecular complexity index is 662. The number of nitrogens with one attached hydrogen (secondary N) is 2. The van der Waals surface area contributed by atoms with Gasteiger partial charge in [0.05, 0.1) is 12.8 Å². The molecule has 0 spiro atoms. The van der Waals surface area contributed by atoms with E-state index in [0.29, 0.717) is 17.9 Å². The zero-order valence-corrected chi connectivity index (χ0v) is 14.3. The molecule has 0 aliphatic rings. The number of carbonyl (C=O) groups excluding carboxylic acids is 2. The molecule has 0 aliphatic heterocycles. The maximum atomic E-state index is 12.5. The summed E-state index contributed by atoms with van der Waals surface area (Å²) in [6, 6.07) is 10.3. The Morgan fingerprint density at radius 2 is 1.88 bits per heavy atom.